The highest BCUT2D eigenvalue weighted by molar-refractivity contribution is 9.10. The topological polar surface area (TPSA) is 58.6 Å². The molecule has 3 nitrogen and oxygen atoms in total. The van der Waals surface area contributed by atoms with Crippen LogP contribution in [0.3, 0.4) is 0 Å². The first-order valence-corrected chi connectivity index (χ1v) is 3.75. The van der Waals surface area contributed by atoms with Crippen LogP contribution in [0.2, 0.25) is 0 Å². The molecule has 0 bridgehead atoms. The van der Waals surface area contributed by atoms with E-state index in [-0.39, 0.29) is 5.75 Å². The number of phenolic OH excluding ortho intramolecular Hbond substituents is 1. The van der Waals surface area contributed by atoms with Crippen molar-refractivity contribution >= 4 is 22.1 Å². The highest BCUT2D eigenvalue weighted by Gasteiger charge is 1.96. The molecule has 1 rings (SSSR count). The Kier molecular flexibility index (Phi) is 2.48. The summed E-state index contributed by atoms with van der Waals surface area (Å²) in [6, 6.07) is 4.88. The van der Waals surface area contributed by atoms with E-state index in [0.29, 0.717) is 0 Å². The third-order valence-corrected chi connectivity index (χ3v) is 1.92. The number of rotatable bonds is 1. The summed E-state index contributed by atoms with van der Waals surface area (Å²) in [7, 11) is 0. The molecule has 0 aliphatic heterocycles. The first-order chi connectivity index (χ1) is 5.24. The van der Waals surface area contributed by atoms with Gasteiger partial charge in [-0.2, -0.15) is 5.10 Å². The van der Waals surface area contributed by atoms with Crippen molar-refractivity contribution in [1.29, 1.82) is 0 Å². The molecular formula is C7H7BrN2O. The van der Waals surface area contributed by atoms with Crippen molar-refractivity contribution in [1.82, 2.24) is 0 Å². The molecule has 0 heterocycles. The van der Waals surface area contributed by atoms with Crippen molar-refractivity contribution < 1.29 is 5.11 Å². The van der Waals surface area contributed by atoms with Gasteiger partial charge in [0.15, 0.2) is 0 Å². The van der Waals surface area contributed by atoms with Gasteiger partial charge < -0.3 is 10.9 Å². The quantitative estimate of drug-likeness (QED) is 0.423. The lowest BCUT2D eigenvalue weighted by Gasteiger charge is -1.97. The molecule has 11 heavy (non-hydrogen) atoms. The van der Waals surface area contributed by atoms with Crippen LogP contribution in [-0.4, -0.2) is 11.3 Å². The molecule has 1 aromatic rings. The van der Waals surface area contributed by atoms with Gasteiger partial charge in [-0.1, -0.05) is 15.9 Å². The van der Waals surface area contributed by atoms with Gasteiger partial charge in [0.05, 0.1) is 6.21 Å². The Morgan fingerprint density at radius 3 is 2.91 bits per heavy atom. The largest absolute Gasteiger partial charge is 0.508 e. The summed E-state index contributed by atoms with van der Waals surface area (Å²) in [5.41, 5.74) is 0.757. The molecular weight excluding hydrogens is 208 g/mol. The zero-order valence-electron chi connectivity index (χ0n) is 5.66. The van der Waals surface area contributed by atoms with Crippen LogP contribution in [0.5, 0.6) is 5.75 Å². The van der Waals surface area contributed by atoms with Gasteiger partial charge in [0, 0.05) is 10.0 Å². The van der Waals surface area contributed by atoms with Crippen molar-refractivity contribution in [3.05, 3.63) is 28.2 Å². The highest BCUT2D eigenvalue weighted by Crippen LogP contribution is 2.19. The Bertz CT molecular complexity index is 286. The van der Waals surface area contributed by atoms with E-state index in [1.807, 2.05) is 0 Å². The van der Waals surface area contributed by atoms with E-state index in [9.17, 15) is 0 Å². The van der Waals surface area contributed by atoms with Crippen LogP contribution in [0.4, 0.5) is 0 Å². The maximum Gasteiger partial charge on any atom is 0.116 e. The van der Waals surface area contributed by atoms with Gasteiger partial charge >= 0.3 is 0 Å². The maximum absolute atomic E-state index is 9.04. The molecule has 0 aromatic heterocycles. The Morgan fingerprint density at radius 1 is 1.55 bits per heavy atom. The van der Waals surface area contributed by atoms with Gasteiger partial charge in [-0.15, -0.1) is 0 Å². The normalized spacial score (nSPS) is 10.6. The highest BCUT2D eigenvalue weighted by atomic mass is 79.9. The number of hydrogen-bond donors (Lipinski definition) is 2. The Balaban J connectivity index is 3.12. The van der Waals surface area contributed by atoms with Crippen LogP contribution < -0.4 is 5.84 Å². The molecule has 0 saturated heterocycles. The summed E-state index contributed by atoms with van der Waals surface area (Å²) in [6.45, 7) is 0. The first kappa shape index (κ1) is 8.07. The summed E-state index contributed by atoms with van der Waals surface area (Å²) in [5.74, 6) is 5.14. The van der Waals surface area contributed by atoms with Crippen LogP contribution >= 0.6 is 15.9 Å². The maximum atomic E-state index is 9.04. The number of halogens is 1. The SMILES string of the molecule is N/N=C/c1cc(O)ccc1Br. The molecule has 3 N–H and O–H groups in total. The van der Waals surface area contributed by atoms with E-state index >= 15 is 0 Å². The fraction of sp³-hybridized carbons (Fsp3) is 0. The molecule has 58 valence electrons. The van der Waals surface area contributed by atoms with Crippen LogP contribution in [0.25, 0.3) is 0 Å². The standard InChI is InChI=1S/C7H7BrN2O/c8-7-2-1-6(11)3-5(7)4-10-9/h1-4,11H,9H2/b10-4+. The van der Waals surface area contributed by atoms with Gasteiger partial charge in [0.2, 0.25) is 0 Å². The van der Waals surface area contributed by atoms with E-state index in [2.05, 4.69) is 21.0 Å². The minimum absolute atomic E-state index is 0.197. The zero-order valence-corrected chi connectivity index (χ0v) is 7.25. The predicted octanol–water partition coefficient (Wildman–Crippen LogP) is 1.45. The number of hydrogen-bond acceptors (Lipinski definition) is 3. The number of benzene rings is 1. The molecule has 0 unspecified atom stereocenters. The second-order valence-electron chi connectivity index (χ2n) is 1.98. The van der Waals surface area contributed by atoms with E-state index in [4.69, 9.17) is 10.9 Å². The number of phenols is 1. The third-order valence-electron chi connectivity index (χ3n) is 1.19. The summed E-state index contributed by atoms with van der Waals surface area (Å²) >= 11 is 3.27. The number of nitrogens with two attached hydrogens (primary N) is 1. The lowest BCUT2D eigenvalue weighted by molar-refractivity contribution is 0.475. The summed E-state index contributed by atoms with van der Waals surface area (Å²) in [4.78, 5) is 0. The minimum Gasteiger partial charge on any atom is -0.508 e. The van der Waals surface area contributed by atoms with E-state index in [0.717, 1.165) is 10.0 Å². The van der Waals surface area contributed by atoms with Crippen LogP contribution in [-0.2, 0) is 0 Å². The summed E-state index contributed by atoms with van der Waals surface area (Å²) in [6.07, 6.45) is 1.46. The monoisotopic (exact) mass is 214 g/mol. The van der Waals surface area contributed by atoms with E-state index in [1.54, 1.807) is 18.2 Å². The summed E-state index contributed by atoms with van der Waals surface area (Å²) < 4.78 is 0.851. The van der Waals surface area contributed by atoms with Crippen molar-refractivity contribution in [3.63, 3.8) is 0 Å². The molecule has 1 aromatic carbocycles. The third kappa shape index (κ3) is 1.94. The average molecular weight is 215 g/mol. The molecule has 0 radical (unpaired) electrons. The molecule has 0 atom stereocenters. The lowest BCUT2D eigenvalue weighted by Crippen LogP contribution is -1.87. The smallest absolute Gasteiger partial charge is 0.116 e. The Morgan fingerprint density at radius 2 is 2.27 bits per heavy atom. The summed E-state index contributed by atoms with van der Waals surface area (Å²) in [5, 5.41) is 12.4. The van der Waals surface area contributed by atoms with Gasteiger partial charge in [-0.3, -0.25) is 0 Å². The molecule has 4 heteroatoms. The minimum atomic E-state index is 0.197. The number of aromatic hydroxyl groups is 1. The fourth-order valence-corrected chi connectivity index (χ4v) is 1.06. The molecule has 0 amide bonds. The molecule has 0 saturated carbocycles. The van der Waals surface area contributed by atoms with E-state index < -0.39 is 0 Å². The van der Waals surface area contributed by atoms with Crippen molar-refractivity contribution in [3.8, 4) is 5.75 Å². The molecule has 0 aliphatic rings. The first-order valence-electron chi connectivity index (χ1n) is 2.96. The van der Waals surface area contributed by atoms with Gasteiger partial charge in [-0.05, 0) is 18.2 Å². The van der Waals surface area contributed by atoms with Crippen LogP contribution in [0, 0.1) is 0 Å². The Labute approximate surface area is 72.7 Å². The fourth-order valence-electron chi connectivity index (χ4n) is 0.710. The number of hydrazone groups is 1. The molecule has 0 spiro atoms. The van der Waals surface area contributed by atoms with Crippen molar-refractivity contribution in [2.75, 3.05) is 0 Å². The molecule has 0 fully saturated rings. The average Bonchev–Trinajstić information content (AvgIpc) is 1.98. The van der Waals surface area contributed by atoms with Crippen molar-refractivity contribution in [2.24, 2.45) is 10.9 Å². The number of nitrogens with zero attached hydrogens (tertiary/aromatic N) is 1. The van der Waals surface area contributed by atoms with Crippen LogP contribution in [0.15, 0.2) is 27.8 Å². The van der Waals surface area contributed by atoms with Crippen molar-refractivity contribution in [2.45, 2.75) is 0 Å². The van der Waals surface area contributed by atoms with Gasteiger partial charge in [-0.25, -0.2) is 0 Å². The Hall–Kier alpha value is -1.03. The predicted molar refractivity (Wildman–Crippen MR) is 47.6 cm³/mol. The van der Waals surface area contributed by atoms with Gasteiger partial charge in [0.1, 0.15) is 5.75 Å². The van der Waals surface area contributed by atoms with E-state index in [1.165, 1.54) is 6.21 Å². The lowest BCUT2D eigenvalue weighted by atomic mass is 10.2. The van der Waals surface area contributed by atoms with Crippen LogP contribution in [0.1, 0.15) is 5.56 Å². The molecule has 0 aliphatic carbocycles. The second-order valence-corrected chi connectivity index (χ2v) is 2.84. The van der Waals surface area contributed by atoms with Gasteiger partial charge in [0.25, 0.3) is 0 Å². The zero-order chi connectivity index (χ0) is 8.27. The second kappa shape index (κ2) is 3.39.